The fourth-order valence-electron chi connectivity index (χ4n) is 4.49. The van der Waals surface area contributed by atoms with Gasteiger partial charge >= 0.3 is 0 Å². The Balaban J connectivity index is 1.30. The highest BCUT2D eigenvalue weighted by atomic mass is 32.2. The van der Waals surface area contributed by atoms with Crippen LogP contribution in [0, 0.1) is 0 Å². The van der Waals surface area contributed by atoms with E-state index in [1.165, 1.54) is 49.4 Å². The second kappa shape index (κ2) is 10.2. The van der Waals surface area contributed by atoms with Crippen molar-refractivity contribution in [2.75, 3.05) is 5.75 Å². The van der Waals surface area contributed by atoms with Crippen LogP contribution < -0.4 is 0 Å². The summed E-state index contributed by atoms with van der Waals surface area (Å²) in [5, 5.41) is 9.52. The van der Waals surface area contributed by atoms with E-state index in [0.29, 0.717) is 23.4 Å². The molecular formula is C27H27N3O2S. The van der Waals surface area contributed by atoms with E-state index in [4.69, 9.17) is 4.42 Å². The van der Waals surface area contributed by atoms with Crippen molar-refractivity contribution in [3.05, 3.63) is 89.9 Å². The van der Waals surface area contributed by atoms with Gasteiger partial charge in [0.2, 0.25) is 0 Å². The molecule has 2 aromatic carbocycles. The van der Waals surface area contributed by atoms with E-state index >= 15 is 0 Å². The maximum absolute atomic E-state index is 12.9. The van der Waals surface area contributed by atoms with Gasteiger partial charge in [-0.1, -0.05) is 85.6 Å². The molecule has 4 aromatic rings. The molecular weight excluding hydrogens is 430 g/mol. The predicted octanol–water partition coefficient (Wildman–Crippen LogP) is 6.61. The van der Waals surface area contributed by atoms with Crippen molar-refractivity contribution in [3.8, 4) is 11.4 Å². The molecule has 0 aliphatic heterocycles. The molecule has 168 valence electrons. The highest BCUT2D eigenvalue weighted by molar-refractivity contribution is 7.99. The minimum absolute atomic E-state index is 0.101. The number of hydrogen-bond acceptors (Lipinski definition) is 5. The monoisotopic (exact) mass is 457 g/mol. The van der Waals surface area contributed by atoms with Crippen LogP contribution in [0.15, 0.2) is 82.6 Å². The van der Waals surface area contributed by atoms with Gasteiger partial charge in [-0.25, -0.2) is 0 Å². The van der Waals surface area contributed by atoms with E-state index in [1.807, 2.05) is 59.2 Å². The normalized spacial score (nSPS) is 14.4. The first-order valence-corrected chi connectivity index (χ1v) is 12.5. The van der Waals surface area contributed by atoms with Crippen molar-refractivity contribution in [2.24, 2.45) is 0 Å². The van der Waals surface area contributed by atoms with Gasteiger partial charge in [0.05, 0.1) is 18.6 Å². The molecule has 33 heavy (non-hydrogen) atoms. The zero-order valence-corrected chi connectivity index (χ0v) is 19.3. The van der Waals surface area contributed by atoms with Crippen LogP contribution in [0.4, 0.5) is 0 Å². The van der Waals surface area contributed by atoms with Crippen molar-refractivity contribution in [1.29, 1.82) is 0 Å². The summed E-state index contributed by atoms with van der Waals surface area (Å²) in [5.74, 6) is 2.64. The first-order chi connectivity index (χ1) is 16.3. The van der Waals surface area contributed by atoms with E-state index < -0.39 is 0 Å². The van der Waals surface area contributed by atoms with Crippen LogP contribution in [-0.2, 0) is 6.54 Å². The fourth-order valence-corrected chi connectivity index (χ4v) is 5.32. The van der Waals surface area contributed by atoms with Crippen LogP contribution >= 0.6 is 11.8 Å². The lowest BCUT2D eigenvalue weighted by Crippen LogP contribution is -2.08. The van der Waals surface area contributed by atoms with Crippen molar-refractivity contribution in [1.82, 2.24) is 14.8 Å². The lowest BCUT2D eigenvalue weighted by molar-refractivity contribution is 0.102. The summed E-state index contributed by atoms with van der Waals surface area (Å²) < 4.78 is 7.57. The minimum Gasteiger partial charge on any atom is -0.467 e. The number of carbonyl (C=O) groups is 1. The summed E-state index contributed by atoms with van der Waals surface area (Å²) in [5.41, 5.74) is 3.10. The van der Waals surface area contributed by atoms with Crippen LogP contribution in [0.25, 0.3) is 11.4 Å². The molecule has 1 aliphatic carbocycles. The topological polar surface area (TPSA) is 60.9 Å². The van der Waals surface area contributed by atoms with E-state index in [2.05, 4.69) is 22.3 Å². The van der Waals surface area contributed by atoms with Crippen LogP contribution in [-0.4, -0.2) is 26.3 Å². The Hall–Kier alpha value is -3.12. The highest BCUT2D eigenvalue weighted by Gasteiger charge is 2.19. The standard InChI is InChI=1S/C27H27N3O2S/c31-25(22-15-13-21(14-16-22)20-8-3-1-4-9-20)19-33-27-29-28-26(23-10-5-2-6-11-23)30(27)18-24-12-7-17-32-24/h2,5-7,10-17,20H,1,3-4,8-9,18-19H2. The van der Waals surface area contributed by atoms with Crippen molar-refractivity contribution in [3.63, 3.8) is 0 Å². The molecule has 1 aliphatic rings. The van der Waals surface area contributed by atoms with E-state index in [9.17, 15) is 4.79 Å². The molecule has 2 heterocycles. The molecule has 0 amide bonds. The van der Waals surface area contributed by atoms with Crippen LogP contribution in [0.2, 0.25) is 0 Å². The Morgan fingerprint density at radius 3 is 2.45 bits per heavy atom. The summed E-state index contributed by atoms with van der Waals surface area (Å²) in [7, 11) is 0. The lowest BCUT2D eigenvalue weighted by atomic mass is 9.84. The molecule has 1 fully saturated rings. The fraction of sp³-hybridized carbons (Fsp3) is 0.296. The lowest BCUT2D eigenvalue weighted by Gasteiger charge is -2.22. The molecule has 0 bridgehead atoms. The summed E-state index contributed by atoms with van der Waals surface area (Å²) >= 11 is 1.42. The number of aromatic nitrogens is 3. The number of Topliss-reactive ketones (excluding diaryl/α,β-unsaturated/α-hetero) is 1. The van der Waals surface area contributed by atoms with Crippen LogP contribution in [0.1, 0.15) is 59.7 Å². The molecule has 0 radical (unpaired) electrons. The Kier molecular flexibility index (Phi) is 6.72. The maximum Gasteiger partial charge on any atom is 0.192 e. The molecule has 0 unspecified atom stereocenters. The molecule has 2 aromatic heterocycles. The van der Waals surface area contributed by atoms with Crippen LogP contribution in [0.3, 0.4) is 0 Å². The summed E-state index contributed by atoms with van der Waals surface area (Å²) in [6.45, 7) is 0.511. The first kappa shape index (κ1) is 21.7. The zero-order chi connectivity index (χ0) is 22.5. The van der Waals surface area contributed by atoms with Gasteiger partial charge in [0.15, 0.2) is 16.8 Å². The Labute approximate surface area is 198 Å². The molecule has 1 saturated carbocycles. The van der Waals surface area contributed by atoms with E-state index in [1.54, 1.807) is 6.26 Å². The van der Waals surface area contributed by atoms with E-state index in [0.717, 1.165) is 22.7 Å². The number of furan rings is 1. The van der Waals surface area contributed by atoms with Gasteiger partial charge in [-0.15, -0.1) is 10.2 Å². The molecule has 0 N–H and O–H groups in total. The van der Waals surface area contributed by atoms with Gasteiger partial charge in [-0.2, -0.15) is 0 Å². The smallest absolute Gasteiger partial charge is 0.192 e. The number of nitrogens with zero attached hydrogens (tertiary/aromatic N) is 3. The van der Waals surface area contributed by atoms with Gasteiger partial charge in [-0.3, -0.25) is 9.36 Å². The van der Waals surface area contributed by atoms with Gasteiger partial charge in [0.25, 0.3) is 0 Å². The predicted molar refractivity (Wildman–Crippen MR) is 131 cm³/mol. The van der Waals surface area contributed by atoms with Crippen LogP contribution in [0.5, 0.6) is 0 Å². The Morgan fingerprint density at radius 1 is 0.939 bits per heavy atom. The third-order valence-electron chi connectivity index (χ3n) is 6.28. The number of rotatable bonds is 8. The first-order valence-electron chi connectivity index (χ1n) is 11.5. The number of ketones is 1. The maximum atomic E-state index is 12.9. The van der Waals surface area contributed by atoms with Gasteiger partial charge < -0.3 is 4.42 Å². The van der Waals surface area contributed by atoms with Gasteiger partial charge in [0.1, 0.15) is 5.76 Å². The number of carbonyl (C=O) groups excluding carboxylic acids is 1. The second-order valence-electron chi connectivity index (χ2n) is 8.51. The second-order valence-corrected chi connectivity index (χ2v) is 9.45. The highest BCUT2D eigenvalue weighted by Crippen LogP contribution is 2.33. The average molecular weight is 458 g/mol. The Morgan fingerprint density at radius 2 is 1.73 bits per heavy atom. The van der Waals surface area contributed by atoms with Crippen molar-refractivity contribution >= 4 is 17.5 Å². The number of hydrogen-bond donors (Lipinski definition) is 0. The number of thioether (sulfide) groups is 1. The van der Waals surface area contributed by atoms with Gasteiger partial charge in [0, 0.05) is 11.1 Å². The molecule has 5 rings (SSSR count). The van der Waals surface area contributed by atoms with Crippen molar-refractivity contribution in [2.45, 2.75) is 49.7 Å². The summed E-state index contributed by atoms with van der Waals surface area (Å²) in [4.78, 5) is 12.9. The summed E-state index contributed by atoms with van der Waals surface area (Å²) in [6.07, 6.45) is 8.16. The number of benzene rings is 2. The van der Waals surface area contributed by atoms with Crippen molar-refractivity contribution < 1.29 is 9.21 Å². The molecule has 5 nitrogen and oxygen atoms in total. The summed E-state index contributed by atoms with van der Waals surface area (Å²) in [6, 6.07) is 22.0. The Bertz CT molecular complexity index is 1180. The van der Waals surface area contributed by atoms with Gasteiger partial charge in [-0.05, 0) is 36.5 Å². The van der Waals surface area contributed by atoms with E-state index in [-0.39, 0.29) is 5.78 Å². The minimum atomic E-state index is 0.101. The third-order valence-corrected chi connectivity index (χ3v) is 7.25. The quantitative estimate of drug-likeness (QED) is 0.220. The SMILES string of the molecule is O=C(CSc1nnc(-c2ccccc2)n1Cc1ccco1)c1ccc(C2CCCCC2)cc1. The molecule has 6 heteroatoms. The third kappa shape index (κ3) is 5.11. The zero-order valence-electron chi connectivity index (χ0n) is 18.5. The average Bonchev–Trinajstić information content (AvgIpc) is 3.54. The molecule has 0 atom stereocenters. The molecule has 0 saturated heterocycles. The largest absolute Gasteiger partial charge is 0.467 e. The molecule has 0 spiro atoms.